The quantitative estimate of drug-likeness (QED) is 0.921. The lowest BCUT2D eigenvalue weighted by Gasteiger charge is -2.14. The van der Waals surface area contributed by atoms with E-state index < -0.39 is 9.84 Å². The summed E-state index contributed by atoms with van der Waals surface area (Å²) in [6.07, 6.45) is 2.78. The van der Waals surface area contributed by atoms with Crippen molar-refractivity contribution < 1.29 is 12.8 Å². The number of benzene rings is 1. The highest BCUT2D eigenvalue weighted by Crippen LogP contribution is 2.25. The Morgan fingerprint density at radius 3 is 2.65 bits per heavy atom. The Hall–Kier alpha value is -1.30. The fourth-order valence-corrected chi connectivity index (χ4v) is 3.20. The second kappa shape index (κ2) is 5.99. The predicted molar refractivity (Wildman–Crippen MR) is 78.5 cm³/mol. The highest BCUT2D eigenvalue weighted by molar-refractivity contribution is 7.90. The van der Waals surface area contributed by atoms with Crippen LogP contribution in [0.5, 0.6) is 0 Å². The topological polar surface area (TPSA) is 59.3 Å². The summed E-state index contributed by atoms with van der Waals surface area (Å²) in [5, 5.41) is 3.65. The third kappa shape index (κ3) is 3.42. The molecule has 1 aromatic heterocycles. The number of rotatable bonds is 5. The van der Waals surface area contributed by atoms with Gasteiger partial charge in [0, 0.05) is 23.4 Å². The summed E-state index contributed by atoms with van der Waals surface area (Å²) in [6.45, 7) is 2.29. The van der Waals surface area contributed by atoms with E-state index in [1.165, 1.54) is 6.26 Å². The fraction of sp³-hybridized carbons (Fsp3) is 0.286. The van der Waals surface area contributed by atoms with Gasteiger partial charge in [-0.3, -0.25) is 0 Å². The summed E-state index contributed by atoms with van der Waals surface area (Å²) in [7, 11) is -3.31. The van der Waals surface area contributed by atoms with E-state index in [1.807, 2.05) is 19.1 Å². The molecule has 0 fully saturated rings. The number of furan rings is 1. The maximum Gasteiger partial charge on any atom is 0.175 e. The molecule has 1 heterocycles. The first-order valence-electron chi connectivity index (χ1n) is 6.14. The van der Waals surface area contributed by atoms with Crippen LogP contribution in [0.15, 0.2) is 45.9 Å². The van der Waals surface area contributed by atoms with Gasteiger partial charge in [0.1, 0.15) is 5.76 Å². The van der Waals surface area contributed by atoms with E-state index in [0.29, 0.717) is 17.1 Å². The zero-order valence-electron chi connectivity index (χ0n) is 11.3. The van der Waals surface area contributed by atoms with E-state index >= 15 is 0 Å². The summed E-state index contributed by atoms with van der Waals surface area (Å²) in [5.41, 5.74) is 0.579. The molecule has 0 aliphatic carbocycles. The zero-order valence-corrected chi connectivity index (χ0v) is 12.8. The Balaban J connectivity index is 2.22. The standard InChI is InChI=1S/C14H16ClNO3S/c1-10(13-6-4-8-19-13)16-9-11-12(15)5-3-7-14(11)20(2,17)18/h3-8,10,16H,9H2,1-2H3/t10-/m0/s1. The molecule has 0 unspecified atom stereocenters. The highest BCUT2D eigenvalue weighted by atomic mass is 35.5. The van der Waals surface area contributed by atoms with Crippen molar-refractivity contribution >= 4 is 21.4 Å². The van der Waals surface area contributed by atoms with E-state index in [2.05, 4.69) is 5.32 Å². The van der Waals surface area contributed by atoms with Gasteiger partial charge in [-0.1, -0.05) is 17.7 Å². The van der Waals surface area contributed by atoms with Crippen molar-refractivity contribution in [1.29, 1.82) is 0 Å². The molecule has 4 nitrogen and oxygen atoms in total. The summed E-state index contributed by atoms with van der Waals surface area (Å²) in [6, 6.07) is 8.53. The van der Waals surface area contributed by atoms with Crippen molar-refractivity contribution in [2.75, 3.05) is 6.26 Å². The molecule has 1 aromatic carbocycles. The number of hydrogen-bond donors (Lipinski definition) is 1. The van der Waals surface area contributed by atoms with Crippen LogP contribution in [0.4, 0.5) is 0 Å². The molecule has 1 N–H and O–H groups in total. The smallest absolute Gasteiger partial charge is 0.175 e. The average molecular weight is 314 g/mol. The molecular formula is C14H16ClNO3S. The second-order valence-electron chi connectivity index (χ2n) is 4.61. The predicted octanol–water partition coefficient (Wildman–Crippen LogP) is 3.19. The molecule has 0 saturated carbocycles. The number of halogens is 1. The molecule has 0 spiro atoms. The van der Waals surface area contributed by atoms with E-state index in [0.717, 1.165) is 5.76 Å². The molecule has 2 rings (SSSR count). The lowest BCUT2D eigenvalue weighted by atomic mass is 10.2. The van der Waals surface area contributed by atoms with E-state index in [-0.39, 0.29) is 10.9 Å². The molecule has 0 amide bonds. The van der Waals surface area contributed by atoms with Crippen molar-refractivity contribution in [3.63, 3.8) is 0 Å². The van der Waals surface area contributed by atoms with Gasteiger partial charge in [-0.2, -0.15) is 0 Å². The zero-order chi connectivity index (χ0) is 14.8. The van der Waals surface area contributed by atoms with Crippen LogP contribution in [0, 0.1) is 0 Å². The average Bonchev–Trinajstić information content (AvgIpc) is 2.89. The van der Waals surface area contributed by atoms with Gasteiger partial charge in [0.2, 0.25) is 0 Å². The normalized spacial score (nSPS) is 13.3. The minimum Gasteiger partial charge on any atom is -0.468 e. The highest BCUT2D eigenvalue weighted by Gasteiger charge is 2.17. The summed E-state index contributed by atoms with van der Waals surface area (Å²) in [4.78, 5) is 0.254. The third-order valence-corrected chi connectivity index (χ3v) is 4.57. The Bertz CT molecular complexity index is 680. The van der Waals surface area contributed by atoms with Crippen LogP contribution in [-0.2, 0) is 16.4 Å². The van der Waals surface area contributed by atoms with Gasteiger partial charge in [-0.05, 0) is 31.2 Å². The molecule has 6 heteroatoms. The van der Waals surface area contributed by atoms with Gasteiger partial charge in [-0.15, -0.1) is 0 Å². The molecule has 1 atom stereocenters. The van der Waals surface area contributed by atoms with Crippen LogP contribution < -0.4 is 5.32 Å². The van der Waals surface area contributed by atoms with Gasteiger partial charge in [-0.25, -0.2) is 8.42 Å². The van der Waals surface area contributed by atoms with Crippen LogP contribution >= 0.6 is 11.6 Å². The van der Waals surface area contributed by atoms with Crippen molar-refractivity contribution in [1.82, 2.24) is 5.32 Å². The summed E-state index contributed by atoms with van der Waals surface area (Å²) in [5.74, 6) is 0.790. The van der Waals surface area contributed by atoms with Crippen molar-refractivity contribution in [3.8, 4) is 0 Å². The minimum atomic E-state index is -3.31. The third-order valence-electron chi connectivity index (χ3n) is 3.03. The first-order chi connectivity index (χ1) is 9.39. The molecule has 20 heavy (non-hydrogen) atoms. The Labute approximate surface area is 123 Å². The molecule has 2 aromatic rings. The number of sulfone groups is 1. The van der Waals surface area contributed by atoms with E-state index in [4.69, 9.17) is 16.0 Å². The van der Waals surface area contributed by atoms with Crippen molar-refractivity contribution in [2.24, 2.45) is 0 Å². The lowest BCUT2D eigenvalue weighted by molar-refractivity contribution is 0.429. The first kappa shape index (κ1) is 15.1. The largest absolute Gasteiger partial charge is 0.468 e. The Morgan fingerprint density at radius 2 is 2.05 bits per heavy atom. The van der Waals surface area contributed by atoms with Gasteiger partial charge in [0.25, 0.3) is 0 Å². The molecule has 0 aliphatic heterocycles. The van der Waals surface area contributed by atoms with Crippen LogP contribution in [0.2, 0.25) is 5.02 Å². The molecule has 0 radical (unpaired) electrons. The van der Waals surface area contributed by atoms with Crippen molar-refractivity contribution in [2.45, 2.75) is 24.4 Å². The first-order valence-corrected chi connectivity index (χ1v) is 8.41. The molecule has 0 saturated heterocycles. The number of hydrogen-bond acceptors (Lipinski definition) is 4. The summed E-state index contributed by atoms with van der Waals surface area (Å²) < 4.78 is 28.8. The van der Waals surface area contributed by atoms with Crippen molar-refractivity contribution in [3.05, 3.63) is 52.9 Å². The van der Waals surface area contributed by atoms with E-state index in [9.17, 15) is 8.42 Å². The molecular weight excluding hydrogens is 298 g/mol. The maximum atomic E-state index is 11.8. The monoisotopic (exact) mass is 313 g/mol. The number of nitrogens with one attached hydrogen (secondary N) is 1. The van der Waals surface area contributed by atoms with Crippen LogP contribution in [-0.4, -0.2) is 14.7 Å². The lowest BCUT2D eigenvalue weighted by Crippen LogP contribution is -2.19. The SMILES string of the molecule is C[C@H](NCc1c(Cl)cccc1S(C)(=O)=O)c1ccco1. The summed E-state index contributed by atoms with van der Waals surface area (Å²) >= 11 is 6.12. The van der Waals surface area contributed by atoms with E-state index in [1.54, 1.807) is 24.5 Å². The van der Waals surface area contributed by atoms with Crippen LogP contribution in [0.1, 0.15) is 24.3 Å². The van der Waals surface area contributed by atoms with Gasteiger partial charge >= 0.3 is 0 Å². The second-order valence-corrected chi connectivity index (χ2v) is 7.00. The molecule has 108 valence electrons. The van der Waals surface area contributed by atoms with Gasteiger partial charge in [0.15, 0.2) is 9.84 Å². The fourth-order valence-electron chi connectivity index (χ4n) is 1.95. The molecule has 0 aliphatic rings. The Kier molecular flexibility index (Phi) is 4.52. The molecule has 0 bridgehead atoms. The van der Waals surface area contributed by atoms with Crippen LogP contribution in [0.25, 0.3) is 0 Å². The van der Waals surface area contributed by atoms with Gasteiger partial charge < -0.3 is 9.73 Å². The minimum absolute atomic E-state index is 0.0336. The Morgan fingerprint density at radius 1 is 1.30 bits per heavy atom. The van der Waals surface area contributed by atoms with Crippen LogP contribution in [0.3, 0.4) is 0 Å². The van der Waals surface area contributed by atoms with Gasteiger partial charge in [0.05, 0.1) is 17.2 Å². The maximum absolute atomic E-state index is 11.8.